The highest BCUT2D eigenvalue weighted by molar-refractivity contribution is 6.31. The molecule has 0 aliphatic carbocycles. The van der Waals surface area contributed by atoms with Gasteiger partial charge in [0.05, 0.1) is 10.8 Å². The number of hydrogen-bond acceptors (Lipinski definition) is 6. The Hall–Kier alpha value is -4.08. The molecule has 0 saturated carbocycles. The van der Waals surface area contributed by atoms with Crippen molar-refractivity contribution in [1.29, 1.82) is 0 Å². The number of Topliss-reactive ketones (excluding diaryl/α,β-unsaturated/α-hetero) is 1. The maximum atomic E-state index is 14.7. The molecule has 2 fully saturated rings. The van der Waals surface area contributed by atoms with Crippen LogP contribution in [0.2, 0.25) is 5.02 Å². The predicted molar refractivity (Wildman–Crippen MR) is 139 cm³/mol. The third-order valence-electron chi connectivity index (χ3n) is 8.69. The topological polar surface area (TPSA) is 122 Å². The number of amides is 2. The van der Waals surface area contributed by atoms with Gasteiger partial charge in [-0.1, -0.05) is 41.9 Å². The molecule has 3 aromatic rings. The lowest BCUT2D eigenvalue weighted by atomic mass is 9.60. The molecule has 10 heteroatoms. The molecule has 2 spiro atoms. The minimum atomic E-state index is -1.53. The summed E-state index contributed by atoms with van der Waals surface area (Å²) in [6.07, 6.45) is 1.34. The van der Waals surface area contributed by atoms with Crippen molar-refractivity contribution in [2.75, 3.05) is 17.2 Å². The van der Waals surface area contributed by atoms with E-state index in [9.17, 15) is 24.5 Å². The number of hydrogen-bond donors (Lipinski definition) is 2. The normalized spacial score (nSPS) is 28.8. The van der Waals surface area contributed by atoms with Gasteiger partial charge in [0.2, 0.25) is 11.8 Å². The summed E-state index contributed by atoms with van der Waals surface area (Å²) in [5, 5.41) is 17.9. The van der Waals surface area contributed by atoms with Crippen molar-refractivity contribution in [1.82, 2.24) is 4.90 Å². The number of benzene rings is 3. The molecule has 4 atom stereocenters. The number of rotatable bonds is 3. The number of nitro groups is 1. The average molecular weight is 529 g/mol. The van der Waals surface area contributed by atoms with Crippen molar-refractivity contribution >= 4 is 46.3 Å². The summed E-state index contributed by atoms with van der Waals surface area (Å²) in [4.78, 5) is 56.1. The average Bonchev–Trinajstić information content (AvgIpc) is 3.63. The lowest BCUT2D eigenvalue weighted by Gasteiger charge is -2.38. The van der Waals surface area contributed by atoms with E-state index in [1.54, 1.807) is 24.3 Å². The Bertz CT molecular complexity index is 1610. The molecule has 7 rings (SSSR count). The number of nitrogens with zero attached hydrogens (tertiary/aromatic N) is 2. The van der Waals surface area contributed by atoms with Crippen LogP contribution < -0.4 is 10.6 Å². The SMILES string of the molecule is O=C(c1cccc([N+](=O)[O-])c1)[C@H]1[C@@]2(C(=O)Nc3ccccc32)[C@H]2CCCN2[C@@]12C(=O)Nc1ccc(Cl)cc12. The van der Waals surface area contributed by atoms with Gasteiger partial charge in [0.25, 0.3) is 5.69 Å². The third-order valence-corrected chi connectivity index (χ3v) is 8.93. The highest BCUT2D eigenvalue weighted by Crippen LogP contribution is 2.66. The molecule has 38 heavy (non-hydrogen) atoms. The van der Waals surface area contributed by atoms with Gasteiger partial charge in [0, 0.05) is 45.7 Å². The van der Waals surface area contributed by atoms with Crippen molar-refractivity contribution in [2.45, 2.75) is 29.8 Å². The summed E-state index contributed by atoms with van der Waals surface area (Å²) in [6, 6.07) is 17.4. The number of nitrogens with one attached hydrogen (secondary N) is 2. The zero-order valence-electron chi connectivity index (χ0n) is 19.9. The van der Waals surface area contributed by atoms with Gasteiger partial charge in [-0.05, 0) is 49.2 Å². The highest BCUT2D eigenvalue weighted by Gasteiger charge is 2.78. The Morgan fingerprint density at radius 1 is 0.974 bits per heavy atom. The van der Waals surface area contributed by atoms with Crippen LogP contribution in [-0.4, -0.2) is 40.0 Å². The van der Waals surface area contributed by atoms with Gasteiger partial charge >= 0.3 is 0 Å². The number of halogens is 1. The molecule has 9 nitrogen and oxygen atoms in total. The van der Waals surface area contributed by atoms with E-state index in [0.717, 1.165) is 6.42 Å². The molecule has 4 aliphatic rings. The summed E-state index contributed by atoms with van der Waals surface area (Å²) in [5.41, 5.74) is -0.759. The standard InChI is InChI=1S/C28H21ClN4O5/c29-16-10-11-21-19(14-16)28(26(36)31-21)24(23(34)15-5-3-6-17(13-15)33(37)38)27(22-9-4-12-32(22)28)18-7-1-2-8-20(18)30-25(27)35/h1-3,5-8,10-11,13-14,22,24H,4,9,12H2,(H,30,35)(H,31,36)/t22-,24+,27+,28-/m1/s1. The second-order valence-corrected chi connectivity index (χ2v) is 10.7. The first-order valence-corrected chi connectivity index (χ1v) is 12.8. The van der Waals surface area contributed by atoms with Crippen LogP contribution in [0.4, 0.5) is 17.1 Å². The lowest BCUT2D eigenvalue weighted by molar-refractivity contribution is -0.384. The van der Waals surface area contributed by atoms with E-state index in [2.05, 4.69) is 10.6 Å². The van der Waals surface area contributed by atoms with Crippen molar-refractivity contribution in [3.63, 3.8) is 0 Å². The van der Waals surface area contributed by atoms with Crippen LogP contribution in [0.15, 0.2) is 66.7 Å². The van der Waals surface area contributed by atoms with E-state index < -0.39 is 39.5 Å². The van der Waals surface area contributed by atoms with Crippen molar-refractivity contribution < 1.29 is 19.3 Å². The molecule has 2 N–H and O–H groups in total. The maximum Gasteiger partial charge on any atom is 0.270 e. The number of anilines is 2. The van der Waals surface area contributed by atoms with Gasteiger partial charge in [-0.3, -0.25) is 29.4 Å². The van der Waals surface area contributed by atoms with Crippen LogP contribution in [0.25, 0.3) is 0 Å². The summed E-state index contributed by atoms with van der Waals surface area (Å²) < 4.78 is 0. The second kappa shape index (κ2) is 7.72. The summed E-state index contributed by atoms with van der Waals surface area (Å²) in [6.45, 7) is 0.500. The smallest absolute Gasteiger partial charge is 0.270 e. The summed E-state index contributed by atoms with van der Waals surface area (Å²) >= 11 is 6.44. The molecule has 0 radical (unpaired) electrons. The number of non-ortho nitro benzene ring substituents is 1. The first-order chi connectivity index (χ1) is 18.3. The lowest BCUT2D eigenvalue weighted by Crippen LogP contribution is -2.55. The first kappa shape index (κ1) is 23.1. The van der Waals surface area contributed by atoms with Crippen LogP contribution >= 0.6 is 11.6 Å². The second-order valence-electron chi connectivity index (χ2n) is 10.2. The first-order valence-electron chi connectivity index (χ1n) is 12.4. The van der Waals surface area contributed by atoms with Crippen LogP contribution in [0, 0.1) is 16.0 Å². The molecule has 2 saturated heterocycles. The van der Waals surface area contributed by atoms with Crippen molar-refractivity contribution in [3.05, 3.63) is 98.6 Å². The monoisotopic (exact) mass is 528 g/mol. The minimum absolute atomic E-state index is 0.0737. The quantitative estimate of drug-likeness (QED) is 0.297. The fourth-order valence-corrected chi connectivity index (χ4v) is 7.63. The Labute approximate surface area is 221 Å². The molecule has 4 aliphatic heterocycles. The van der Waals surface area contributed by atoms with Gasteiger partial charge in [-0.15, -0.1) is 0 Å². The van der Waals surface area contributed by atoms with E-state index in [-0.39, 0.29) is 17.2 Å². The van der Waals surface area contributed by atoms with E-state index in [1.165, 1.54) is 24.3 Å². The largest absolute Gasteiger partial charge is 0.325 e. The van der Waals surface area contributed by atoms with Crippen LogP contribution in [-0.2, 0) is 20.5 Å². The van der Waals surface area contributed by atoms with Crippen LogP contribution in [0.5, 0.6) is 0 Å². The van der Waals surface area contributed by atoms with E-state index in [0.29, 0.717) is 40.5 Å². The summed E-state index contributed by atoms with van der Waals surface area (Å²) in [5.74, 6) is -2.46. The number of para-hydroxylation sites is 1. The Kier molecular flexibility index (Phi) is 4.69. The molecular formula is C28H21ClN4O5. The third kappa shape index (κ3) is 2.62. The molecule has 2 amide bonds. The van der Waals surface area contributed by atoms with Gasteiger partial charge in [0.1, 0.15) is 11.0 Å². The molecule has 4 heterocycles. The zero-order chi connectivity index (χ0) is 26.4. The zero-order valence-corrected chi connectivity index (χ0v) is 20.7. The fourth-order valence-electron chi connectivity index (χ4n) is 7.46. The minimum Gasteiger partial charge on any atom is -0.325 e. The van der Waals surface area contributed by atoms with E-state index in [1.807, 2.05) is 23.1 Å². The van der Waals surface area contributed by atoms with Crippen molar-refractivity contribution in [2.24, 2.45) is 5.92 Å². The Morgan fingerprint density at radius 3 is 2.55 bits per heavy atom. The maximum absolute atomic E-state index is 14.7. The van der Waals surface area contributed by atoms with Crippen LogP contribution in [0.3, 0.4) is 0 Å². The molecule has 0 bridgehead atoms. The van der Waals surface area contributed by atoms with Gasteiger partial charge < -0.3 is 10.6 Å². The number of fused-ring (bicyclic) bond motifs is 7. The van der Waals surface area contributed by atoms with Crippen molar-refractivity contribution in [3.8, 4) is 0 Å². The fraction of sp³-hybridized carbons (Fsp3) is 0.250. The Morgan fingerprint density at radius 2 is 1.74 bits per heavy atom. The highest BCUT2D eigenvalue weighted by atomic mass is 35.5. The molecule has 190 valence electrons. The molecule has 3 aromatic carbocycles. The van der Waals surface area contributed by atoms with E-state index in [4.69, 9.17) is 11.6 Å². The summed E-state index contributed by atoms with van der Waals surface area (Å²) in [7, 11) is 0. The van der Waals surface area contributed by atoms with E-state index >= 15 is 0 Å². The van der Waals surface area contributed by atoms with Crippen LogP contribution in [0.1, 0.15) is 34.3 Å². The number of ketones is 1. The molecule has 0 aromatic heterocycles. The number of carbonyl (C=O) groups is 3. The molecule has 0 unspecified atom stereocenters. The predicted octanol–water partition coefficient (Wildman–Crippen LogP) is 4.26. The number of carbonyl (C=O) groups excluding carboxylic acids is 3. The van der Waals surface area contributed by atoms with Gasteiger partial charge in [-0.2, -0.15) is 0 Å². The van der Waals surface area contributed by atoms with Gasteiger partial charge in [0.15, 0.2) is 5.78 Å². The Balaban J connectivity index is 1.58. The number of nitro benzene ring substituents is 1. The molecular weight excluding hydrogens is 508 g/mol. The van der Waals surface area contributed by atoms with Gasteiger partial charge in [-0.25, -0.2) is 0 Å².